The molecular formula is C18H17N3O5S3. The summed E-state index contributed by atoms with van der Waals surface area (Å²) < 4.78 is 13.0. The Hall–Kier alpha value is -2.05. The first-order valence-electron chi connectivity index (χ1n) is 8.91. The molecule has 0 spiro atoms. The van der Waals surface area contributed by atoms with Gasteiger partial charge in [-0.1, -0.05) is 23.1 Å². The number of benzene rings is 1. The van der Waals surface area contributed by atoms with Gasteiger partial charge in [-0.05, 0) is 30.7 Å². The van der Waals surface area contributed by atoms with Crippen molar-refractivity contribution in [2.45, 2.75) is 23.5 Å². The SMILES string of the molecule is O=C(Nc1ccc2nc(SCCC3OCCCO3)sc2c1)c1ccc([N+](=O)[O-])s1. The molecule has 0 bridgehead atoms. The Balaban J connectivity index is 1.37. The van der Waals surface area contributed by atoms with E-state index in [2.05, 4.69) is 10.3 Å². The van der Waals surface area contributed by atoms with Crippen LogP contribution in [0.1, 0.15) is 22.5 Å². The minimum atomic E-state index is -0.503. The Morgan fingerprint density at radius 3 is 2.86 bits per heavy atom. The lowest BCUT2D eigenvalue weighted by Gasteiger charge is -2.22. The van der Waals surface area contributed by atoms with E-state index in [0.717, 1.165) is 57.7 Å². The van der Waals surface area contributed by atoms with E-state index >= 15 is 0 Å². The third-order valence-corrected chi connectivity index (χ3v) is 7.33. The molecule has 29 heavy (non-hydrogen) atoms. The molecule has 3 heterocycles. The molecule has 0 atom stereocenters. The quantitative estimate of drug-likeness (QED) is 0.314. The molecule has 1 aliphatic heterocycles. The number of hydrogen-bond acceptors (Lipinski definition) is 9. The first kappa shape index (κ1) is 20.2. The largest absolute Gasteiger partial charge is 0.353 e. The molecule has 8 nitrogen and oxygen atoms in total. The van der Waals surface area contributed by atoms with Gasteiger partial charge in [0, 0.05) is 23.9 Å². The predicted octanol–water partition coefficient (Wildman–Crippen LogP) is 4.76. The highest BCUT2D eigenvalue weighted by atomic mass is 32.2. The van der Waals surface area contributed by atoms with Gasteiger partial charge in [-0.15, -0.1) is 11.3 Å². The van der Waals surface area contributed by atoms with Gasteiger partial charge < -0.3 is 14.8 Å². The van der Waals surface area contributed by atoms with Gasteiger partial charge in [-0.3, -0.25) is 14.9 Å². The number of carbonyl (C=O) groups excluding carboxylic acids is 1. The van der Waals surface area contributed by atoms with Crippen molar-refractivity contribution in [1.29, 1.82) is 0 Å². The van der Waals surface area contributed by atoms with Crippen molar-refractivity contribution in [2.75, 3.05) is 24.3 Å². The average molecular weight is 452 g/mol. The van der Waals surface area contributed by atoms with Crippen LogP contribution >= 0.6 is 34.4 Å². The maximum absolute atomic E-state index is 12.3. The summed E-state index contributed by atoms with van der Waals surface area (Å²) in [5.74, 6) is 0.486. The van der Waals surface area contributed by atoms with E-state index in [1.165, 1.54) is 12.1 Å². The van der Waals surface area contributed by atoms with E-state index in [4.69, 9.17) is 9.47 Å². The highest BCUT2D eigenvalue weighted by Crippen LogP contribution is 2.32. The molecule has 1 aromatic carbocycles. The lowest BCUT2D eigenvalue weighted by molar-refractivity contribution is -0.380. The maximum Gasteiger partial charge on any atom is 0.324 e. The van der Waals surface area contributed by atoms with Gasteiger partial charge in [0.1, 0.15) is 0 Å². The smallest absolute Gasteiger partial charge is 0.324 e. The third kappa shape index (κ3) is 5.11. The van der Waals surface area contributed by atoms with Gasteiger partial charge in [-0.25, -0.2) is 4.98 Å². The number of anilines is 1. The van der Waals surface area contributed by atoms with Crippen LogP contribution in [0.4, 0.5) is 10.7 Å². The molecule has 1 N–H and O–H groups in total. The number of carbonyl (C=O) groups is 1. The second-order valence-electron chi connectivity index (χ2n) is 6.17. The summed E-state index contributed by atoms with van der Waals surface area (Å²) in [4.78, 5) is 27.5. The van der Waals surface area contributed by atoms with Crippen LogP contribution < -0.4 is 5.32 Å². The van der Waals surface area contributed by atoms with E-state index < -0.39 is 4.92 Å². The number of fused-ring (bicyclic) bond motifs is 1. The van der Waals surface area contributed by atoms with Crippen molar-refractivity contribution in [3.8, 4) is 0 Å². The molecule has 152 valence electrons. The Labute approximate surface area is 178 Å². The molecule has 0 saturated carbocycles. The molecule has 1 saturated heterocycles. The van der Waals surface area contributed by atoms with Gasteiger partial charge in [0.15, 0.2) is 10.6 Å². The van der Waals surface area contributed by atoms with Crippen LogP contribution in [0.2, 0.25) is 0 Å². The fraction of sp³-hybridized carbons (Fsp3) is 0.333. The number of nitrogens with one attached hydrogen (secondary N) is 1. The summed E-state index contributed by atoms with van der Waals surface area (Å²) in [6.45, 7) is 1.51. The Bertz CT molecular complexity index is 1030. The van der Waals surface area contributed by atoms with Crippen LogP contribution in [0.5, 0.6) is 0 Å². The molecule has 3 aromatic rings. The number of thioether (sulfide) groups is 1. The molecule has 1 amide bonds. The topological polar surface area (TPSA) is 104 Å². The number of thiophene rings is 1. The standard InChI is InChI=1S/C18H17N3O5S3/c22-17(13-4-5-15(28-13)21(23)24)19-11-2-3-12-14(10-11)29-18(20-12)27-9-6-16-25-7-1-8-26-16/h2-5,10,16H,1,6-9H2,(H,19,22). The van der Waals surface area contributed by atoms with E-state index in [1.54, 1.807) is 29.2 Å². The lowest BCUT2D eigenvalue weighted by atomic mass is 10.3. The normalized spacial score (nSPS) is 14.9. The van der Waals surface area contributed by atoms with Crippen molar-refractivity contribution in [2.24, 2.45) is 0 Å². The highest BCUT2D eigenvalue weighted by Gasteiger charge is 2.17. The van der Waals surface area contributed by atoms with Crippen LogP contribution in [-0.4, -0.2) is 41.1 Å². The van der Waals surface area contributed by atoms with Crippen LogP contribution in [-0.2, 0) is 9.47 Å². The molecular weight excluding hydrogens is 434 g/mol. The van der Waals surface area contributed by atoms with Gasteiger partial charge in [0.25, 0.3) is 5.91 Å². The van der Waals surface area contributed by atoms with Crippen molar-refractivity contribution < 1.29 is 19.2 Å². The first-order chi connectivity index (χ1) is 14.1. The zero-order valence-corrected chi connectivity index (χ0v) is 17.6. The molecule has 0 radical (unpaired) electrons. The zero-order chi connectivity index (χ0) is 20.2. The number of thiazole rings is 1. The summed E-state index contributed by atoms with van der Waals surface area (Å²) in [6.07, 6.45) is 1.64. The first-order valence-corrected chi connectivity index (χ1v) is 11.5. The van der Waals surface area contributed by atoms with Crippen LogP contribution in [0.3, 0.4) is 0 Å². The molecule has 4 rings (SSSR count). The monoisotopic (exact) mass is 451 g/mol. The summed E-state index contributed by atoms with van der Waals surface area (Å²) in [6, 6.07) is 8.29. The molecule has 0 unspecified atom stereocenters. The van der Waals surface area contributed by atoms with Gasteiger partial charge in [-0.2, -0.15) is 0 Å². The fourth-order valence-electron chi connectivity index (χ4n) is 2.73. The Morgan fingerprint density at radius 1 is 1.28 bits per heavy atom. The lowest BCUT2D eigenvalue weighted by Crippen LogP contribution is -2.25. The minimum absolute atomic E-state index is 0.0567. The second kappa shape index (κ2) is 9.18. The van der Waals surface area contributed by atoms with Crippen molar-refractivity contribution in [3.63, 3.8) is 0 Å². The van der Waals surface area contributed by atoms with Gasteiger partial charge >= 0.3 is 5.00 Å². The van der Waals surface area contributed by atoms with E-state index in [9.17, 15) is 14.9 Å². The number of amides is 1. The summed E-state index contributed by atoms with van der Waals surface area (Å²) in [5.41, 5.74) is 1.50. The van der Waals surface area contributed by atoms with Crippen molar-refractivity contribution in [1.82, 2.24) is 4.98 Å². The number of nitro groups is 1. The van der Waals surface area contributed by atoms with Gasteiger partial charge in [0.2, 0.25) is 0 Å². The van der Waals surface area contributed by atoms with Crippen LogP contribution in [0.25, 0.3) is 10.2 Å². The maximum atomic E-state index is 12.3. The predicted molar refractivity (Wildman–Crippen MR) is 114 cm³/mol. The zero-order valence-electron chi connectivity index (χ0n) is 15.2. The number of hydrogen-bond donors (Lipinski definition) is 1. The fourth-order valence-corrected chi connectivity index (χ4v) is 5.58. The molecule has 1 aliphatic rings. The highest BCUT2D eigenvalue weighted by molar-refractivity contribution is 8.01. The molecule has 11 heteroatoms. The summed E-state index contributed by atoms with van der Waals surface area (Å²) in [5, 5.41) is 13.5. The Morgan fingerprint density at radius 2 is 2.10 bits per heavy atom. The van der Waals surface area contributed by atoms with E-state index in [1.807, 2.05) is 12.1 Å². The average Bonchev–Trinajstić information content (AvgIpc) is 3.36. The van der Waals surface area contributed by atoms with Gasteiger partial charge in [0.05, 0.1) is 33.2 Å². The molecule has 2 aromatic heterocycles. The van der Waals surface area contributed by atoms with Crippen molar-refractivity contribution >= 4 is 61.2 Å². The number of rotatable bonds is 7. The summed E-state index contributed by atoms with van der Waals surface area (Å²) in [7, 11) is 0. The minimum Gasteiger partial charge on any atom is -0.353 e. The number of aromatic nitrogens is 1. The molecule has 0 aliphatic carbocycles. The number of nitrogens with zero attached hydrogens (tertiary/aromatic N) is 2. The van der Waals surface area contributed by atoms with Crippen molar-refractivity contribution in [3.05, 3.63) is 45.3 Å². The second-order valence-corrected chi connectivity index (χ2v) is 9.61. The van der Waals surface area contributed by atoms with Crippen LogP contribution in [0.15, 0.2) is 34.7 Å². The summed E-state index contributed by atoms with van der Waals surface area (Å²) >= 11 is 4.07. The van der Waals surface area contributed by atoms with E-state index in [0.29, 0.717) is 10.6 Å². The number of ether oxygens (including phenoxy) is 2. The third-order valence-electron chi connectivity index (χ3n) is 4.10. The molecule has 1 fully saturated rings. The van der Waals surface area contributed by atoms with Crippen LogP contribution in [0, 0.1) is 10.1 Å². The van der Waals surface area contributed by atoms with E-state index in [-0.39, 0.29) is 17.2 Å². The Kier molecular flexibility index (Phi) is 6.40.